The molecule has 60 valence electrons. The van der Waals surface area contributed by atoms with Gasteiger partial charge in [0.1, 0.15) is 0 Å². The fraction of sp³-hybridized carbons (Fsp3) is 1.00. The molecule has 6 heteroatoms. The van der Waals surface area contributed by atoms with E-state index in [1.54, 1.807) is 13.8 Å². The van der Waals surface area contributed by atoms with Gasteiger partial charge in [0.15, 0.2) is 0 Å². The predicted octanol–water partition coefficient (Wildman–Crippen LogP) is -0.534. The standard InChI is InChI=1S/C5H12O3S.2Na.2H/c1-3-5-9(6,7)8-4-2;;;;/h3-5H2,1-2H3;;;;. The van der Waals surface area contributed by atoms with Gasteiger partial charge < -0.3 is 0 Å². The van der Waals surface area contributed by atoms with Crippen molar-refractivity contribution >= 4 is 69.2 Å². The Hall–Kier alpha value is 1.91. The van der Waals surface area contributed by atoms with Gasteiger partial charge in [0.25, 0.3) is 10.1 Å². The SMILES string of the molecule is CCCS(=O)(=O)OCC.[NaH].[NaH]. The van der Waals surface area contributed by atoms with E-state index >= 15 is 0 Å². The van der Waals surface area contributed by atoms with E-state index in [9.17, 15) is 8.42 Å². The van der Waals surface area contributed by atoms with Crippen LogP contribution >= 0.6 is 0 Å². The Morgan fingerprint density at radius 1 is 1.18 bits per heavy atom. The molecule has 11 heavy (non-hydrogen) atoms. The van der Waals surface area contributed by atoms with Crippen molar-refractivity contribution in [3.63, 3.8) is 0 Å². The molecule has 0 fully saturated rings. The molecule has 0 aromatic carbocycles. The van der Waals surface area contributed by atoms with E-state index < -0.39 is 10.1 Å². The van der Waals surface area contributed by atoms with Crippen LogP contribution in [0.2, 0.25) is 0 Å². The molecule has 0 spiro atoms. The average Bonchev–Trinajstić information content (AvgIpc) is 1.64. The minimum atomic E-state index is -3.18. The van der Waals surface area contributed by atoms with E-state index in [2.05, 4.69) is 4.18 Å². The number of hydrogen-bond acceptors (Lipinski definition) is 3. The first-order valence-corrected chi connectivity index (χ1v) is 4.57. The predicted molar refractivity (Wildman–Crippen MR) is 50.0 cm³/mol. The van der Waals surface area contributed by atoms with Crippen LogP contribution in [-0.2, 0) is 14.3 Å². The molecular formula is C5H14Na2O3S. The molecule has 0 amide bonds. The molecule has 0 rings (SSSR count). The van der Waals surface area contributed by atoms with Crippen molar-refractivity contribution in [1.29, 1.82) is 0 Å². The summed E-state index contributed by atoms with van der Waals surface area (Å²) in [6, 6.07) is 0. The van der Waals surface area contributed by atoms with Gasteiger partial charge in [-0.15, -0.1) is 0 Å². The third-order valence-electron chi connectivity index (χ3n) is 0.752. The second-order valence-electron chi connectivity index (χ2n) is 1.67. The molecule has 0 aliphatic carbocycles. The summed E-state index contributed by atoms with van der Waals surface area (Å²) in [5.74, 6) is 0.126. The molecule has 0 aliphatic rings. The summed E-state index contributed by atoms with van der Waals surface area (Å²) in [6.45, 7) is 3.70. The maximum absolute atomic E-state index is 10.6. The van der Waals surface area contributed by atoms with E-state index in [4.69, 9.17) is 0 Å². The van der Waals surface area contributed by atoms with Gasteiger partial charge in [0.2, 0.25) is 0 Å². The van der Waals surface area contributed by atoms with Crippen LogP contribution in [0.15, 0.2) is 0 Å². The van der Waals surface area contributed by atoms with E-state index in [1.807, 2.05) is 0 Å². The second-order valence-corrected chi connectivity index (χ2v) is 3.43. The molecule has 0 N–H and O–H groups in total. The van der Waals surface area contributed by atoms with Gasteiger partial charge >= 0.3 is 59.1 Å². The Balaban J connectivity index is -0.000000320. The van der Waals surface area contributed by atoms with Gasteiger partial charge in [-0.25, -0.2) is 0 Å². The molecular weight excluding hydrogens is 186 g/mol. The first-order valence-electron chi connectivity index (χ1n) is 2.99. The van der Waals surface area contributed by atoms with Crippen molar-refractivity contribution in [2.45, 2.75) is 20.3 Å². The van der Waals surface area contributed by atoms with Gasteiger partial charge in [-0.05, 0) is 13.3 Å². The number of rotatable bonds is 4. The van der Waals surface area contributed by atoms with Gasteiger partial charge in [-0.2, -0.15) is 8.42 Å². The molecule has 3 nitrogen and oxygen atoms in total. The van der Waals surface area contributed by atoms with Crippen LogP contribution in [0.3, 0.4) is 0 Å². The molecule has 0 bridgehead atoms. The summed E-state index contributed by atoms with van der Waals surface area (Å²) in [6.07, 6.45) is 0.613. The first kappa shape index (κ1) is 18.6. The van der Waals surface area contributed by atoms with E-state index in [-0.39, 0.29) is 71.5 Å². The third kappa shape index (κ3) is 11.9. The summed E-state index contributed by atoms with van der Waals surface area (Å²) in [5.41, 5.74) is 0. The fourth-order valence-electron chi connectivity index (χ4n) is 0.488. The quantitative estimate of drug-likeness (QED) is 0.452. The zero-order chi connectivity index (χ0) is 7.33. The van der Waals surface area contributed by atoms with Crippen LogP contribution in [0.5, 0.6) is 0 Å². The Morgan fingerprint density at radius 3 is 1.91 bits per heavy atom. The topological polar surface area (TPSA) is 43.4 Å². The normalized spacial score (nSPS) is 9.64. The summed E-state index contributed by atoms with van der Waals surface area (Å²) in [4.78, 5) is 0. The van der Waals surface area contributed by atoms with Crippen molar-refractivity contribution in [3.05, 3.63) is 0 Å². The van der Waals surface area contributed by atoms with Crippen LogP contribution in [0.25, 0.3) is 0 Å². The Bertz CT molecular complexity index is 143. The average molecular weight is 200 g/mol. The van der Waals surface area contributed by atoms with Crippen molar-refractivity contribution in [1.82, 2.24) is 0 Å². The number of hydrogen-bond donors (Lipinski definition) is 0. The van der Waals surface area contributed by atoms with Crippen molar-refractivity contribution < 1.29 is 12.6 Å². The van der Waals surface area contributed by atoms with E-state index in [1.165, 1.54) is 0 Å². The summed E-state index contributed by atoms with van der Waals surface area (Å²) in [7, 11) is -3.18. The molecule has 0 saturated heterocycles. The fourth-order valence-corrected chi connectivity index (χ4v) is 1.47. The van der Waals surface area contributed by atoms with Gasteiger partial charge in [-0.3, -0.25) is 4.18 Å². The zero-order valence-electron chi connectivity index (χ0n) is 5.75. The molecule has 0 radical (unpaired) electrons. The maximum atomic E-state index is 10.6. The zero-order valence-corrected chi connectivity index (χ0v) is 6.57. The van der Waals surface area contributed by atoms with Gasteiger partial charge in [-0.1, -0.05) is 6.92 Å². The van der Waals surface area contributed by atoms with Crippen LogP contribution in [0, 0.1) is 0 Å². The van der Waals surface area contributed by atoms with Crippen molar-refractivity contribution in [2.24, 2.45) is 0 Å². The third-order valence-corrected chi connectivity index (χ3v) is 2.25. The molecule has 0 aromatic rings. The molecule has 0 unspecified atom stereocenters. The van der Waals surface area contributed by atoms with Gasteiger partial charge in [0, 0.05) is 0 Å². The van der Waals surface area contributed by atoms with Crippen LogP contribution in [-0.4, -0.2) is 79.9 Å². The van der Waals surface area contributed by atoms with E-state index in [0.717, 1.165) is 0 Å². The van der Waals surface area contributed by atoms with Crippen molar-refractivity contribution in [3.8, 4) is 0 Å². The Labute approximate surface area is 113 Å². The van der Waals surface area contributed by atoms with Gasteiger partial charge in [0.05, 0.1) is 12.4 Å². The summed E-state index contributed by atoms with van der Waals surface area (Å²) >= 11 is 0. The summed E-state index contributed by atoms with van der Waals surface area (Å²) in [5, 5.41) is 0. The van der Waals surface area contributed by atoms with Crippen LogP contribution in [0.1, 0.15) is 20.3 Å². The molecule has 0 heterocycles. The Morgan fingerprint density at radius 2 is 1.64 bits per heavy atom. The molecule has 0 atom stereocenters. The summed E-state index contributed by atoms with van der Waals surface area (Å²) < 4.78 is 25.7. The Kier molecular flexibility index (Phi) is 16.9. The molecule has 0 aliphatic heterocycles. The van der Waals surface area contributed by atoms with Crippen LogP contribution < -0.4 is 0 Å². The molecule has 0 saturated carbocycles. The first-order chi connectivity index (χ1) is 4.12. The van der Waals surface area contributed by atoms with Crippen LogP contribution in [0.4, 0.5) is 0 Å². The van der Waals surface area contributed by atoms with Crippen molar-refractivity contribution in [2.75, 3.05) is 12.4 Å². The minimum absolute atomic E-state index is 0. The second kappa shape index (κ2) is 9.99. The van der Waals surface area contributed by atoms with E-state index in [0.29, 0.717) is 6.42 Å². The monoisotopic (exact) mass is 200 g/mol. The molecule has 0 aromatic heterocycles.